The first-order chi connectivity index (χ1) is 9.30. The molecule has 0 aromatic heterocycles. The van der Waals surface area contributed by atoms with E-state index in [1.54, 1.807) is 0 Å². The molecule has 0 aliphatic carbocycles. The van der Waals surface area contributed by atoms with Gasteiger partial charge in [0.1, 0.15) is 0 Å². The number of carbonyl (C=O) groups is 1. The van der Waals surface area contributed by atoms with Crippen LogP contribution in [0.15, 0.2) is 27.6 Å². The number of carboxylic acid groups (broad SMARTS) is 1. The summed E-state index contributed by atoms with van der Waals surface area (Å²) in [6, 6.07) is 3.91. The number of likely N-dealkylation sites (N-methyl/N-ethyl adjacent to an activating group) is 1. The Bertz CT molecular complexity index is 588. The Morgan fingerprint density at radius 1 is 1.45 bits per heavy atom. The van der Waals surface area contributed by atoms with Gasteiger partial charge in [0.05, 0.1) is 17.1 Å². The molecule has 0 bridgehead atoms. The Balaban J connectivity index is 3.03. The van der Waals surface area contributed by atoms with Gasteiger partial charge in [0.15, 0.2) is 0 Å². The minimum Gasteiger partial charge on any atom is -0.478 e. The molecule has 0 atom stereocenters. The van der Waals surface area contributed by atoms with Crippen molar-refractivity contribution >= 4 is 31.9 Å². The fraction of sp³-hybridized carbons (Fsp3) is 0.417. The fourth-order valence-corrected chi connectivity index (χ4v) is 3.06. The summed E-state index contributed by atoms with van der Waals surface area (Å²) in [6.07, 6.45) is 0. The summed E-state index contributed by atoms with van der Waals surface area (Å²) < 4.78 is 31.1. The molecular weight excluding hydrogens is 350 g/mol. The molecule has 20 heavy (non-hydrogen) atoms. The minimum atomic E-state index is -3.72. The normalized spacial score (nSPS) is 11.8. The van der Waals surface area contributed by atoms with Crippen molar-refractivity contribution in [2.24, 2.45) is 0 Å². The van der Waals surface area contributed by atoms with E-state index in [-0.39, 0.29) is 23.6 Å². The van der Waals surface area contributed by atoms with Gasteiger partial charge in [0, 0.05) is 24.7 Å². The number of ether oxygens (including phenoxy) is 1. The van der Waals surface area contributed by atoms with Gasteiger partial charge in [-0.15, -0.1) is 0 Å². The van der Waals surface area contributed by atoms with E-state index >= 15 is 0 Å². The van der Waals surface area contributed by atoms with Crippen molar-refractivity contribution in [3.05, 3.63) is 28.2 Å². The molecule has 0 aliphatic rings. The largest absolute Gasteiger partial charge is 0.478 e. The van der Waals surface area contributed by atoms with E-state index in [0.717, 1.165) is 10.4 Å². The third-order valence-electron chi connectivity index (χ3n) is 2.63. The summed E-state index contributed by atoms with van der Waals surface area (Å²) in [7, 11) is -2.30. The van der Waals surface area contributed by atoms with E-state index in [0.29, 0.717) is 11.1 Å². The first-order valence-electron chi connectivity index (χ1n) is 5.87. The van der Waals surface area contributed by atoms with Gasteiger partial charge in [-0.3, -0.25) is 0 Å². The Morgan fingerprint density at radius 3 is 2.65 bits per heavy atom. The molecule has 0 amide bonds. The molecule has 1 rings (SSSR count). The van der Waals surface area contributed by atoms with Gasteiger partial charge in [-0.2, -0.15) is 4.31 Å². The molecule has 0 saturated carbocycles. The standard InChI is InChI=1S/C12H16BrNO5S/c1-3-19-7-6-14(2)20(17,18)9-4-5-11(13)10(8-9)12(15)16/h4-5,8H,3,6-7H2,1-2H3,(H,15,16). The second-order valence-electron chi connectivity index (χ2n) is 3.97. The molecule has 112 valence electrons. The third kappa shape index (κ3) is 4.02. The van der Waals surface area contributed by atoms with E-state index in [2.05, 4.69) is 15.9 Å². The number of halogens is 1. The third-order valence-corrected chi connectivity index (χ3v) is 5.18. The van der Waals surface area contributed by atoms with Crippen LogP contribution in [0.5, 0.6) is 0 Å². The molecule has 0 radical (unpaired) electrons. The van der Waals surface area contributed by atoms with E-state index in [9.17, 15) is 13.2 Å². The van der Waals surface area contributed by atoms with Crippen LogP contribution in [0, 0.1) is 0 Å². The Morgan fingerprint density at radius 2 is 2.10 bits per heavy atom. The van der Waals surface area contributed by atoms with Gasteiger partial charge >= 0.3 is 5.97 Å². The average molecular weight is 366 g/mol. The maximum Gasteiger partial charge on any atom is 0.336 e. The lowest BCUT2D eigenvalue weighted by Crippen LogP contribution is -2.30. The summed E-state index contributed by atoms with van der Waals surface area (Å²) in [5.41, 5.74) is -0.0933. The average Bonchev–Trinajstić information content (AvgIpc) is 2.38. The number of hydrogen-bond acceptors (Lipinski definition) is 4. The molecule has 0 saturated heterocycles. The smallest absolute Gasteiger partial charge is 0.336 e. The van der Waals surface area contributed by atoms with Crippen LogP contribution in [-0.2, 0) is 14.8 Å². The van der Waals surface area contributed by atoms with Crippen molar-refractivity contribution in [3.63, 3.8) is 0 Å². The lowest BCUT2D eigenvalue weighted by molar-refractivity contribution is 0.0695. The van der Waals surface area contributed by atoms with Crippen LogP contribution in [0.1, 0.15) is 17.3 Å². The lowest BCUT2D eigenvalue weighted by Gasteiger charge is -2.17. The summed E-state index contributed by atoms with van der Waals surface area (Å²) >= 11 is 3.08. The number of sulfonamides is 1. The summed E-state index contributed by atoms with van der Waals surface area (Å²) in [5.74, 6) is -1.19. The van der Waals surface area contributed by atoms with Crippen LogP contribution in [0.25, 0.3) is 0 Å². The Labute approximate surface area is 126 Å². The van der Waals surface area contributed by atoms with E-state index < -0.39 is 16.0 Å². The van der Waals surface area contributed by atoms with Gasteiger partial charge in [-0.1, -0.05) is 0 Å². The van der Waals surface area contributed by atoms with Gasteiger partial charge in [0.25, 0.3) is 0 Å². The summed E-state index contributed by atoms with van der Waals surface area (Å²) in [6.45, 7) is 2.82. The highest BCUT2D eigenvalue weighted by Gasteiger charge is 2.22. The molecule has 8 heteroatoms. The van der Waals surface area contributed by atoms with Crippen molar-refractivity contribution < 1.29 is 23.1 Å². The number of benzene rings is 1. The molecule has 0 fully saturated rings. The highest BCUT2D eigenvalue weighted by Crippen LogP contribution is 2.22. The minimum absolute atomic E-state index is 0.0582. The molecule has 0 heterocycles. The summed E-state index contributed by atoms with van der Waals surface area (Å²) in [5, 5.41) is 9.01. The first-order valence-corrected chi connectivity index (χ1v) is 8.11. The van der Waals surface area contributed by atoms with Gasteiger partial charge in [-0.05, 0) is 41.1 Å². The van der Waals surface area contributed by atoms with Crippen molar-refractivity contribution in [1.82, 2.24) is 4.31 Å². The molecule has 6 nitrogen and oxygen atoms in total. The van der Waals surface area contributed by atoms with Crippen LogP contribution in [-0.4, -0.2) is 50.6 Å². The first kappa shape index (κ1) is 17.1. The van der Waals surface area contributed by atoms with E-state index in [1.165, 1.54) is 19.2 Å². The van der Waals surface area contributed by atoms with Crippen molar-refractivity contribution in [3.8, 4) is 0 Å². The molecule has 1 N–H and O–H groups in total. The zero-order valence-electron chi connectivity index (χ0n) is 11.2. The van der Waals surface area contributed by atoms with Crippen molar-refractivity contribution in [2.45, 2.75) is 11.8 Å². The lowest BCUT2D eigenvalue weighted by atomic mass is 10.2. The van der Waals surface area contributed by atoms with Crippen molar-refractivity contribution in [1.29, 1.82) is 0 Å². The Kier molecular flexibility index (Phi) is 6.12. The maximum absolute atomic E-state index is 12.3. The van der Waals surface area contributed by atoms with E-state index in [1.807, 2.05) is 6.92 Å². The molecular formula is C12H16BrNO5S. The molecule has 1 aromatic carbocycles. The second kappa shape index (κ2) is 7.16. The number of aromatic carboxylic acids is 1. The zero-order valence-corrected chi connectivity index (χ0v) is 13.6. The fourth-order valence-electron chi connectivity index (χ4n) is 1.47. The molecule has 0 spiro atoms. The van der Waals surface area contributed by atoms with Crippen LogP contribution in [0.4, 0.5) is 0 Å². The number of hydrogen-bond donors (Lipinski definition) is 1. The highest BCUT2D eigenvalue weighted by atomic mass is 79.9. The van der Waals surface area contributed by atoms with E-state index in [4.69, 9.17) is 9.84 Å². The van der Waals surface area contributed by atoms with Gasteiger partial charge in [-0.25, -0.2) is 13.2 Å². The molecule has 0 unspecified atom stereocenters. The maximum atomic E-state index is 12.3. The van der Waals surface area contributed by atoms with Gasteiger partial charge in [0.2, 0.25) is 10.0 Å². The zero-order chi connectivity index (χ0) is 15.3. The van der Waals surface area contributed by atoms with Crippen molar-refractivity contribution in [2.75, 3.05) is 26.8 Å². The second-order valence-corrected chi connectivity index (χ2v) is 6.87. The van der Waals surface area contributed by atoms with Crippen LogP contribution in [0.3, 0.4) is 0 Å². The predicted octanol–water partition coefficient (Wildman–Crippen LogP) is 1.80. The van der Waals surface area contributed by atoms with Crippen LogP contribution >= 0.6 is 15.9 Å². The van der Waals surface area contributed by atoms with Crippen LogP contribution < -0.4 is 0 Å². The highest BCUT2D eigenvalue weighted by molar-refractivity contribution is 9.10. The topological polar surface area (TPSA) is 83.9 Å². The monoisotopic (exact) mass is 365 g/mol. The molecule has 0 aliphatic heterocycles. The predicted molar refractivity (Wildman–Crippen MR) is 77.4 cm³/mol. The number of rotatable bonds is 7. The SMILES string of the molecule is CCOCCN(C)S(=O)(=O)c1ccc(Br)c(C(=O)O)c1. The molecule has 1 aromatic rings. The summed E-state index contributed by atoms with van der Waals surface area (Å²) in [4.78, 5) is 11.0. The number of nitrogens with zero attached hydrogens (tertiary/aromatic N) is 1. The van der Waals surface area contributed by atoms with Gasteiger partial charge < -0.3 is 9.84 Å². The quantitative estimate of drug-likeness (QED) is 0.744. The Hall–Kier alpha value is -0.960. The number of carboxylic acids is 1. The van der Waals surface area contributed by atoms with Crippen LogP contribution in [0.2, 0.25) is 0 Å².